The van der Waals surface area contributed by atoms with Crippen LogP contribution in [0.4, 0.5) is 10.2 Å². The third-order valence-electron chi connectivity index (χ3n) is 5.50. The van der Waals surface area contributed by atoms with E-state index in [0.29, 0.717) is 22.4 Å². The number of Topliss-reactive ketones (excluding diaryl/α,β-unsaturated/α-hetero) is 1. The average molecular weight is 470 g/mol. The zero-order valence-corrected chi connectivity index (χ0v) is 20.1. The second kappa shape index (κ2) is 9.51. The van der Waals surface area contributed by atoms with E-state index in [1.165, 1.54) is 25.9 Å². The van der Waals surface area contributed by atoms with E-state index < -0.39 is 5.82 Å². The van der Waals surface area contributed by atoms with Crippen LogP contribution in [-0.4, -0.2) is 38.3 Å². The zero-order chi connectivity index (χ0) is 25.2. The number of ether oxygens (including phenoxy) is 4. The van der Waals surface area contributed by atoms with Crippen molar-refractivity contribution in [2.24, 2.45) is 0 Å². The summed E-state index contributed by atoms with van der Waals surface area (Å²) in [4.78, 5) is 13.3. The molecule has 0 atom stereocenters. The van der Waals surface area contributed by atoms with E-state index in [0.717, 1.165) is 5.56 Å². The van der Waals surface area contributed by atoms with Gasteiger partial charge in [0.1, 0.15) is 11.9 Å². The van der Waals surface area contributed by atoms with Gasteiger partial charge in [0.15, 0.2) is 41.2 Å². The Kier molecular flexibility index (Phi) is 6.91. The van der Waals surface area contributed by atoms with Gasteiger partial charge in [0.05, 0.1) is 33.3 Å². The van der Waals surface area contributed by atoms with E-state index in [9.17, 15) is 4.79 Å². The van der Waals surface area contributed by atoms with Gasteiger partial charge in [-0.05, 0) is 23.6 Å². The minimum absolute atomic E-state index is 0.0602. The van der Waals surface area contributed by atoms with Crippen LogP contribution in [0.1, 0.15) is 36.7 Å². The molecule has 0 saturated heterocycles. The van der Waals surface area contributed by atoms with Gasteiger partial charge in [0.25, 0.3) is 0 Å². The highest BCUT2D eigenvalue weighted by molar-refractivity contribution is 6.00. The summed E-state index contributed by atoms with van der Waals surface area (Å²) in [7, 11) is 4.26. The van der Waals surface area contributed by atoms with Crippen LogP contribution >= 0.6 is 0 Å². The lowest BCUT2D eigenvalue weighted by molar-refractivity contribution is 0.0972. The summed E-state index contributed by atoms with van der Waals surface area (Å²) in [6.45, 7) is 5.60. The third kappa shape index (κ3) is 4.44. The predicted octanol–water partition coefficient (Wildman–Crippen LogP) is 4.47. The molecular formula is C25H28FN3O5. The Morgan fingerprint density at radius 3 is 2.32 bits per heavy atom. The first-order valence-electron chi connectivity index (χ1n) is 10.5. The lowest BCUT2D eigenvalue weighted by atomic mass is 9.84. The molecule has 2 aromatic carbocycles. The van der Waals surface area contributed by atoms with Crippen molar-refractivity contribution in [1.29, 1.82) is 5.26 Å². The van der Waals surface area contributed by atoms with Crippen molar-refractivity contribution in [2.45, 2.75) is 32.7 Å². The van der Waals surface area contributed by atoms with E-state index in [2.05, 4.69) is 0 Å². The number of nitrogen functional groups attached to an aromatic ring is 1. The summed E-state index contributed by atoms with van der Waals surface area (Å²) in [6, 6.07) is 6.81. The first-order chi connectivity index (χ1) is 16.1. The van der Waals surface area contributed by atoms with Gasteiger partial charge in [-0.25, -0.2) is 4.39 Å². The Bertz CT molecular complexity index is 1280. The molecule has 3 rings (SSSR count). The first-order valence-corrected chi connectivity index (χ1v) is 10.5. The van der Waals surface area contributed by atoms with E-state index in [1.54, 1.807) is 24.4 Å². The molecule has 1 heterocycles. The summed E-state index contributed by atoms with van der Waals surface area (Å²) in [6.07, 6.45) is 1.59. The number of nitrogens with zero attached hydrogens (tertiary/aromatic N) is 2. The third-order valence-corrected chi connectivity index (χ3v) is 5.50. The SMILES string of the molecule is COc1cc2cn(CC(=O)c3cc(OCC#N)c(OC)c(C(C)(C)C)c3)c(N)c2c(F)c1OC. The molecule has 0 aliphatic carbocycles. The van der Waals surface area contributed by atoms with Crippen molar-refractivity contribution < 1.29 is 28.1 Å². The number of benzene rings is 2. The molecule has 8 nitrogen and oxygen atoms in total. The van der Waals surface area contributed by atoms with E-state index >= 15 is 4.39 Å². The molecule has 9 heteroatoms. The molecule has 0 saturated carbocycles. The molecule has 0 bridgehead atoms. The van der Waals surface area contributed by atoms with Gasteiger partial charge in [-0.3, -0.25) is 4.79 Å². The molecule has 0 aliphatic heterocycles. The molecule has 3 aromatic rings. The molecule has 0 spiro atoms. The van der Waals surface area contributed by atoms with Crippen molar-refractivity contribution in [3.8, 4) is 29.1 Å². The van der Waals surface area contributed by atoms with E-state index in [1.807, 2.05) is 26.8 Å². The number of carbonyl (C=O) groups is 1. The fourth-order valence-electron chi connectivity index (χ4n) is 3.84. The zero-order valence-electron chi connectivity index (χ0n) is 20.1. The van der Waals surface area contributed by atoms with Gasteiger partial charge in [0, 0.05) is 22.7 Å². The van der Waals surface area contributed by atoms with Crippen LogP contribution in [0.3, 0.4) is 0 Å². The van der Waals surface area contributed by atoms with E-state index in [-0.39, 0.29) is 47.1 Å². The summed E-state index contributed by atoms with van der Waals surface area (Å²) in [5.74, 6) is 0.0776. The Morgan fingerprint density at radius 2 is 1.76 bits per heavy atom. The van der Waals surface area contributed by atoms with Crippen LogP contribution in [0.5, 0.6) is 23.0 Å². The Morgan fingerprint density at radius 1 is 1.09 bits per heavy atom. The number of hydrogen-bond donors (Lipinski definition) is 1. The number of anilines is 1. The second-order valence-corrected chi connectivity index (χ2v) is 8.71. The molecule has 0 unspecified atom stereocenters. The number of ketones is 1. The van der Waals surface area contributed by atoms with Gasteiger partial charge >= 0.3 is 0 Å². The number of halogens is 1. The lowest BCUT2D eigenvalue weighted by Crippen LogP contribution is -2.17. The van der Waals surface area contributed by atoms with Crippen LogP contribution in [0.15, 0.2) is 24.4 Å². The standard InChI is InChI=1S/C25H28FN3O5/c1-25(2,3)16-9-14(10-19(22(16)32-5)34-8-7-27)17(30)13-29-12-15-11-18(31-4)23(33-6)21(26)20(15)24(29)28/h9-12H,8,13,28H2,1-6H3. The molecule has 0 fully saturated rings. The van der Waals surface area contributed by atoms with Crippen molar-refractivity contribution in [3.05, 3.63) is 41.3 Å². The van der Waals surface area contributed by atoms with Gasteiger partial charge in [0.2, 0.25) is 0 Å². The Hall–Kier alpha value is -3.93. The molecule has 0 amide bonds. The highest BCUT2D eigenvalue weighted by Crippen LogP contribution is 2.41. The highest BCUT2D eigenvalue weighted by Gasteiger charge is 2.26. The maximum absolute atomic E-state index is 15.1. The van der Waals surface area contributed by atoms with Crippen LogP contribution in [0.25, 0.3) is 10.8 Å². The molecule has 1 aromatic heterocycles. The molecule has 0 aliphatic rings. The molecule has 0 radical (unpaired) electrons. The summed E-state index contributed by atoms with van der Waals surface area (Å²) in [5.41, 5.74) is 6.95. The smallest absolute Gasteiger partial charge is 0.197 e. The largest absolute Gasteiger partial charge is 0.493 e. The monoisotopic (exact) mass is 469 g/mol. The van der Waals surface area contributed by atoms with Crippen molar-refractivity contribution in [1.82, 2.24) is 4.57 Å². The minimum atomic E-state index is -0.660. The van der Waals surface area contributed by atoms with Crippen molar-refractivity contribution in [2.75, 3.05) is 33.7 Å². The second-order valence-electron chi connectivity index (χ2n) is 8.71. The number of methoxy groups -OCH3 is 3. The van der Waals surface area contributed by atoms with E-state index in [4.69, 9.17) is 29.9 Å². The number of nitrogens with two attached hydrogens (primary N) is 1. The first kappa shape index (κ1) is 24.7. The number of carbonyl (C=O) groups excluding carboxylic acids is 1. The predicted molar refractivity (Wildman–Crippen MR) is 127 cm³/mol. The number of hydrogen-bond acceptors (Lipinski definition) is 7. The van der Waals surface area contributed by atoms with Crippen LogP contribution < -0.4 is 24.7 Å². The molecule has 34 heavy (non-hydrogen) atoms. The summed E-state index contributed by atoms with van der Waals surface area (Å²) in [5, 5.41) is 9.56. The van der Waals surface area contributed by atoms with Crippen molar-refractivity contribution in [3.63, 3.8) is 0 Å². The lowest BCUT2D eigenvalue weighted by Gasteiger charge is -2.24. The van der Waals surface area contributed by atoms with Crippen LogP contribution in [-0.2, 0) is 12.0 Å². The molecule has 2 N–H and O–H groups in total. The normalized spacial score (nSPS) is 11.2. The Labute approximate surface area is 197 Å². The summed E-state index contributed by atoms with van der Waals surface area (Å²) < 4.78 is 37.9. The maximum Gasteiger partial charge on any atom is 0.197 e. The van der Waals surface area contributed by atoms with Crippen LogP contribution in [0, 0.1) is 17.1 Å². The Balaban J connectivity index is 2.08. The highest BCUT2D eigenvalue weighted by atomic mass is 19.1. The quantitative estimate of drug-likeness (QED) is 0.485. The fraction of sp³-hybridized carbons (Fsp3) is 0.360. The van der Waals surface area contributed by atoms with Gasteiger partial charge in [-0.1, -0.05) is 20.8 Å². The summed E-state index contributed by atoms with van der Waals surface area (Å²) >= 11 is 0. The van der Waals surface area contributed by atoms with Gasteiger partial charge in [-0.2, -0.15) is 5.26 Å². The topological polar surface area (TPSA) is 109 Å². The molecule has 180 valence electrons. The van der Waals surface area contributed by atoms with Gasteiger partial charge in [-0.15, -0.1) is 0 Å². The van der Waals surface area contributed by atoms with Gasteiger partial charge < -0.3 is 29.2 Å². The van der Waals surface area contributed by atoms with Crippen molar-refractivity contribution >= 4 is 22.4 Å². The van der Waals surface area contributed by atoms with Crippen LogP contribution in [0.2, 0.25) is 0 Å². The number of aromatic nitrogens is 1. The maximum atomic E-state index is 15.1. The average Bonchev–Trinajstić information content (AvgIpc) is 3.11. The molecular weight excluding hydrogens is 441 g/mol. The number of rotatable bonds is 8. The minimum Gasteiger partial charge on any atom is -0.493 e. The fourth-order valence-corrected chi connectivity index (χ4v) is 3.84. The number of nitriles is 1. The number of fused-ring (bicyclic) bond motifs is 1.